The minimum absolute atomic E-state index is 0.119. The van der Waals surface area contributed by atoms with Crippen LogP contribution in [0.4, 0.5) is 23.4 Å². The van der Waals surface area contributed by atoms with E-state index in [1.54, 1.807) is 23.4 Å². The van der Waals surface area contributed by atoms with Gasteiger partial charge in [-0.05, 0) is 33.6 Å². The second-order valence-corrected chi connectivity index (χ2v) is 6.12. The van der Waals surface area contributed by atoms with Gasteiger partial charge in [-0.1, -0.05) is 12.1 Å². The number of aromatic nitrogens is 4. The summed E-state index contributed by atoms with van der Waals surface area (Å²) >= 11 is 3.21. The first kappa shape index (κ1) is 18.1. The Morgan fingerprint density at radius 1 is 1.27 bits per heavy atom. The van der Waals surface area contributed by atoms with Crippen LogP contribution in [0.5, 0.6) is 0 Å². The van der Waals surface area contributed by atoms with Gasteiger partial charge in [0.15, 0.2) is 11.5 Å². The van der Waals surface area contributed by atoms with E-state index in [-0.39, 0.29) is 11.6 Å². The van der Waals surface area contributed by atoms with Gasteiger partial charge in [0, 0.05) is 12.3 Å². The van der Waals surface area contributed by atoms with Crippen molar-refractivity contribution in [1.29, 1.82) is 0 Å². The van der Waals surface area contributed by atoms with Gasteiger partial charge in [0.25, 0.3) is 5.91 Å². The Bertz CT molecular complexity index is 932. The fourth-order valence-electron chi connectivity index (χ4n) is 2.09. The number of nitrogens with zero attached hydrogens (tertiary/aromatic N) is 3. The number of hydrogen-bond acceptors (Lipinski definition) is 3. The second kappa shape index (κ2) is 6.90. The van der Waals surface area contributed by atoms with E-state index in [1.165, 1.54) is 16.8 Å². The van der Waals surface area contributed by atoms with Gasteiger partial charge in [-0.25, -0.2) is 4.39 Å². The zero-order valence-corrected chi connectivity index (χ0v) is 14.4. The van der Waals surface area contributed by atoms with Crippen molar-refractivity contribution < 1.29 is 22.4 Å². The molecule has 0 radical (unpaired) electrons. The molecule has 0 saturated heterocycles. The van der Waals surface area contributed by atoms with Crippen molar-refractivity contribution >= 4 is 27.7 Å². The Kier molecular flexibility index (Phi) is 4.81. The van der Waals surface area contributed by atoms with Gasteiger partial charge in [-0.15, -0.1) is 0 Å². The third-order valence-corrected chi connectivity index (χ3v) is 3.90. The average Bonchev–Trinajstić information content (AvgIpc) is 3.17. The summed E-state index contributed by atoms with van der Waals surface area (Å²) in [6.07, 6.45) is -3.05. The largest absolute Gasteiger partial charge is 0.432 e. The fourth-order valence-corrected chi connectivity index (χ4v) is 2.51. The van der Waals surface area contributed by atoms with Crippen molar-refractivity contribution in [3.8, 4) is 0 Å². The topological polar surface area (TPSA) is 75.6 Å². The zero-order valence-electron chi connectivity index (χ0n) is 12.8. The van der Waals surface area contributed by atoms with E-state index in [2.05, 4.69) is 31.4 Å². The lowest BCUT2D eigenvalue weighted by Gasteiger charge is -2.02. The van der Waals surface area contributed by atoms with E-state index in [1.807, 2.05) is 0 Å². The quantitative estimate of drug-likeness (QED) is 0.616. The van der Waals surface area contributed by atoms with Gasteiger partial charge >= 0.3 is 6.18 Å². The van der Waals surface area contributed by atoms with Crippen LogP contribution in [0.3, 0.4) is 0 Å². The molecular formula is C15H10BrF4N5O. The Hall–Kier alpha value is -2.69. The molecule has 11 heteroatoms. The lowest BCUT2D eigenvalue weighted by Crippen LogP contribution is -2.13. The minimum atomic E-state index is -4.62. The van der Waals surface area contributed by atoms with Crippen molar-refractivity contribution in [2.24, 2.45) is 0 Å². The SMILES string of the molecule is O=C(Nc1nn(Cc2ccc(F)cc2)cc1Br)c1cc(C(F)(F)F)[nH]n1. The van der Waals surface area contributed by atoms with Crippen LogP contribution in [0.2, 0.25) is 0 Å². The maximum absolute atomic E-state index is 12.9. The van der Waals surface area contributed by atoms with Gasteiger partial charge in [0.05, 0.1) is 11.0 Å². The molecule has 26 heavy (non-hydrogen) atoms. The highest BCUT2D eigenvalue weighted by Crippen LogP contribution is 2.28. The molecule has 0 saturated carbocycles. The van der Waals surface area contributed by atoms with Crippen molar-refractivity contribution in [1.82, 2.24) is 20.0 Å². The first-order valence-corrected chi connectivity index (χ1v) is 7.93. The van der Waals surface area contributed by atoms with Gasteiger partial charge in [0.2, 0.25) is 0 Å². The van der Waals surface area contributed by atoms with E-state index in [0.717, 1.165) is 5.56 Å². The predicted molar refractivity (Wildman–Crippen MR) is 87.0 cm³/mol. The maximum atomic E-state index is 12.9. The summed E-state index contributed by atoms with van der Waals surface area (Å²) in [4.78, 5) is 12.0. The summed E-state index contributed by atoms with van der Waals surface area (Å²) in [6.45, 7) is 0.315. The number of amides is 1. The van der Waals surface area contributed by atoms with Crippen LogP contribution in [0.25, 0.3) is 0 Å². The number of benzene rings is 1. The number of carbonyl (C=O) groups is 1. The number of hydrogen-bond donors (Lipinski definition) is 2. The first-order chi connectivity index (χ1) is 12.2. The van der Waals surface area contributed by atoms with Gasteiger partial charge < -0.3 is 5.32 Å². The smallest absolute Gasteiger partial charge is 0.303 e. The molecular weight excluding hydrogens is 422 g/mol. The van der Waals surface area contributed by atoms with E-state index >= 15 is 0 Å². The lowest BCUT2D eigenvalue weighted by atomic mass is 10.2. The third-order valence-electron chi connectivity index (χ3n) is 3.32. The lowest BCUT2D eigenvalue weighted by molar-refractivity contribution is -0.141. The van der Waals surface area contributed by atoms with Crippen LogP contribution in [0.1, 0.15) is 21.7 Å². The summed E-state index contributed by atoms with van der Waals surface area (Å²) in [7, 11) is 0. The molecule has 0 unspecified atom stereocenters. The molecule has 6 nitrogen and oxygen atoms in total. The van der Waals surface area contributed by atoms with Crippen molar-refractivity contribution in [2.45, 2.75) is 12.7 Å². The highest BCUT2D eigenvalue weighted by atomic mass is 79.9. The minimum Gasteiger partial charge on any atom is -0.303 e. The molecule has 0 aliphatic heterocycles. The first-order valence-electron chi connectivity index (χ1n) is 7.14. The highest BCUT2D eigenvalue weighted by Gasteiger charge is 2.33. The number of halogens is 5. The number of nitrogens with one attached hydrogen (secondary N) is 2. The molecule has 0 spiro atoms. The van der Waals surface area contributed by atoms with E-state index in [0.29, 0.717) is 17.1 Å². The normalized spacial score (nSPS) is 11.6. The Labute approximate surface area is 152 Å². The van der Waals surface area contributed by atoms with Crippen LogP contribution in [-0.2, 0) is 12.7 Å². The molecule has 2 N–H and O–H groups in total. The maximum Gasteiger partial charge on any atom is 0.432 e. The summed E-state index contributed by atoms with van der Waals surface area (Å²) < 4.78 is 52.5. The predicted octanol–water partition coefficient (Wildman–Crippen LogP) is 3.83. The van der Waals surface area contributed by atoms with E-state index < -0.39 is 23.5 Å². The molecule has 0 fully saturated rings. The second-order valence-electron chi connectivity index (χ2n) is 5.27. The Balaban J connectivity index is 1.72. The third kappa shape index (κ3) is 4.10. The summed E-state index contributed by atoms with van der Waals surface area (Å²) in [5.74, 6) is -1.08. The number of H-pyrrole nitrogens is 1. The van der Waals surface area contributed by atoms with Crippen LogP contribution in [0, 0.1) is 5.82 Å². The molecule has 2 heterocycles. The van der Waals surface area contributed by atoms with Crippen LogP contribution >= 0.6 is 15.9 Å². The molecule has 0 bridgehead atoms. The number of alkyl halides is 3. The van der Waals surface area contributed by atoms with Gasteiger partial charge in [0.1, 0.15) is 11.5 Å². The van der Waals surface area contributed by atoms with Crippen LogP contribution in [0.15, 0.2) is 41.0 Å². The van der Waals surface area contributed by atoms with E-state index in [9.17, 15) is 22.4 Å². The van der Waals surface area contributed by atoms with E-state index in [4.69, 9.17) is 0 Å². The van der Waals surface area contributed by atoms with Crippen molar-refractivity contribution in [3.05, 3.63) is 63.8 Å². The molecule has 2 aromatic heterocycles. The molecule has 0 aliphatic carbocycles. The number of rotatable bonds is 4. The Morgan fingerprint density at radius 2 is 1.96 bits per heavy atom. The monoisotopic (exact) mass is 431 g/mol. The van der Waals surface area contributed by atoms with Crippen molar-refractivity contribution in [2.75, 3.05) is 5.32 Å². The van der Waals surface area contributed by atoms with Gasteiger partial charge in [-0.2, -0.15) is 23.4 Å². The fraction of sp³-hybridized carbons (Fsp3) is 0.133. The van der Waals surface area contributed by atoms with Gasteiger partial charge in [-0.3, -0.25) is 14.6 Å². The Morgan fingerprint density at radius 3 is 2.58 bits per heavy atom. The molecule has 0 aliphatic rings. The molecule has 0 atom stereocenters. The standard InChI is InChI=1S/C15H10BrF4N5O/c16-10-7-25(6-8-1-3-9(17)4-2-8)24-13(10)21-14(26)11-5-12(23-22-11)15(18,19)20/h1-5,7H,6H2,(H,22,23)(H,21,24,26). The van der Waals surface area contributed by atoms with Crippen LogP contribution in [-0.4, -0.2) is 25.9 Å². The number of aromatic amines is 1. The molecule has 3 rings (SSSR count). The molecule has 1 aromatic carbocycles. The average molecular weight is 432 g/mol. The molecule has 136 valence electrons. The van der Waals surface area contributed by atoms with Crippen molar-refractivity contribution in [3.63, 3.8) is 0 Å². The number of carbonyl (C=O) groups excluding carboxylic acids is 1. The molecule has 3 aromatic rings. The van der Waals surface area contributed by atoms with Crippen LogP contribution < -0.4 is 5.32 Å². The zero-order chi connectivity index (χ0) is 18.9. The summed E-state index contributed by atoms with van der Waals surface area (Å²) in [5, 5.41) is 11.6. The summed E-state index contributed by atoms with van der Waals surface area (Å²) in [5.41, 5.74) is -0.762. The summed E-state index contributed by atoms with van der Waals surface area (Å²) in [6, 6.07) is 6.41. The molecule has 1 amide bonds. The highest BCUT2D eigenvalue weighted by molar-refractivity contribution is 9.10. The number of anilines is 1.